The standard InChI is InChI=1S/C23H34N6O3S/c1-17-15-25-16-29(17)12-3-8-27-23(33)28-19-4-5-20(21(14-19)31-2)32-13-11-26-22(30)18-6-9-24-10-7-18/h4-5,14-16,18,24H,3,6-13H2,1-2H3,(H,26,30)(H2,27,28,33). The Balaban J connectivity index is 1.37. The molecule has 3 rings (SSSR count). The van der Waals surface area contributed by atoms with Gasteiger partial charge in [0.1, 0.15) is 6.61 Å². The molecule has 4 N–H and O–H groups in total. The van der Waals surface area contributed by atoms with Crippen molar-refractivity contribution in [2.45, 2.75) is 32.7 Å². The van der Waals surface area contributed by atoms with Crippen molar-refractivity contribution in [2.75, 3.05) is 45.2 Å². The molecule has 1 aliphatic rings. The summed E-state index contributed by atoms with van der Waals surface area (Å²) in [6.45, 7) is 6.31. The number of aromatic nitrogens is 2. The lowest BCUT2D eigenvalue weighted by Crippen LogP contribution is -2.39. The minimum absolute atomic E-state index is 0.0959. The molecule has 0 bridgehead atoms. The maximum absolute atomic E-state index is 12.2. The summed E-state index contributed by atoms with van der Waals surface area (Å²) < 4.78 is 13.4. The van der Waals surface area contributed by atoms with Gasteiger partial charge >= 0.3 is 0 Å². The fourth-order valence-electron chi connectivity index (χ4n) is 3.68. The highest BCUT2D eigenvalue weighted by Gasteiger charge is 2.20. The van der Waals surface area contributed by atoms with Gasteiger partial charge in [-0.1, -0.05) is 0 Å². The third kappa shape index (κ3) is 7.90. The highest BCUT2D eigenvalue weighted by molar-refractivity contribution is 7.80. The normalized spacial score (nSPS) is 13.9. The van der Waals surface area contributed by atoms with Crippen molar-refractivity contribution in [1.82, 2.24) is 25.5 Å². The van der Waals surface area contributed by atoms with E-state index < -0.39 is 0 Å². The molecule has 2 aromatic rings. The number of ether oxygens (including phenoxy) is 2. The van der Waals surface area contributed by atoms with Gasteiger partial charge in [-0.25, -0.2) is 4.98 Å². The Kier molecular flexibility index (Phi) is 9.77. The zero-order valence-electron chi connectivity index (χ0n) is 19.4. The largest absolute Gasteiger partial charge is 0.493 e. The number of carbonyl (C=O) groups excluding carboxylic acids is 1. The first kappa shape index (κ1) is 24.8. The fourth-order valence-corrected chi connectivity index (χ4v) is 3.90. The molecule has 0 aliphatic carbocycles. The molecule has 1 aromatic carbocycles. The average Bonchev–Trinajstić information content (AvgIpc) is 3.25. The van der Waals surface area contributed by atoms with Crippen LogP contribution in [-0.2, 0) is 11.3 Å². The average molecular weight is 475 g/mol. The molecule has 33 heavy (non-hydrogen) atoms. The van der Waals surface area contributed by atoms with Crippen LogP contribution in [0.2, 0.25) is 0 Å². The van der Waals surface area contributed by atoms with Crippen LogP contribution in [0.3, 0.4) is 0 Å². The Bertz CT molecular complexity index is 913. The predicted octanol–water partition coefficient (Wildman–Crippen LogP) is 2.07. The van der Waals surface area contributed by atoms with Crippen molar-refractivity contribution in [3.63, 3.8) is 0 Å². The van der Waals surface area contributed by atoms with Gasteiger partial charge < -0.3 is 35.3 Å². The van der Waals surface area contributed by atoms with Gasteiger partial charge in [0.05, 0.1) is 20.0 Å². The quantitative estimate of drug-likeness (QED) is 0.290. The van der Waals surface area contributed by atoms with Crippen LogP contribution >= 0.6 is 12.2 Å². The Labute approximate surface area is 200 Å². The van der Waals surface area contributed by atoms with Crippen molar-refractivity contribution in [3.8, 4) is 11.5 Å². The summed E-state index contributed by atoms with van der Waals surface area (Å²) in [5, 5.41) is 13.2. The molecule has 0 saturated carbocycles. The van der Waals surface area contributed by atoms with E-state index in [9.17, 15) is 4.79 Å². The Morgan fingerprint density at radius 1 is 1.24 bits per heavy atom. The Hall–Kier alpha value is -2.85. The van der Waals surface area contributed by atoms with Gasteiger partial charge in [-0.05, 0) is 63.6 Å². The minimum Gasteiger partial charge on any atom is -0.493 e. The second kappa shape index (κ2) is 13.0. The summed E-state index contributed by atoms with van der Waals surface area (Å²) in [5.41, 5.74) is 1.95. The number of hydrogen-bond donors (Lipinski definition) is 4. The van der Waals surface area contributed by atoms with Crippen LogP contribution in [0.25, 0.3) is 0 Å². The monoisotopic (exact) mass is 474 g/mol. The number of amides is 1. The number of rotatable bonds is 11. The highest BCUT2D eigenvalue weighted by atomic mass is 32.1. The summed E-state index contributed by atoms with van der Waals surface area (Å²) in [6.07, 6.45) is 6.39. The highest BCUT2D eigenvalue weighted by Crippen LogP contribution is 2.30. The van der Waals surface area contributed by atoms with Crippen molar-refractivity contribution in [1.29, 1.82) is 0 Å². The molecule has 2 heterocycles. The maximum Gasteiger partial charge on any atom is 0.223 e. The predicted molar refractivity (Wildman–Crippen MR) is 133 cm³/mol. The topological polar surface area (TPSA) is 101 Å². The third-order valence-electron chi connectivity index (χ3n) is 5.57. The van der Waals surface area contributed by atoms with Gasteiger partial charge in [0.2, 0.25) is 5.91 Å². The number of piperidine rings is 1. The van der Waals surface area contributed by atoms with E-state index in [2.05, 4.69) is 30.8 Å². The number of nitrogens with one attached hydrogen (secondary N) is 4. The van der Waals surface area contributed by atoms with Gasteiger partial charge in [0.15, 0.2) is 16.6 Å². The molecule has 0 spiro atoms. The van der Waals surface area contributed by atoms with E-state index in [-0.39, 0.29) is 11.8 Å². The summed E-state index contributed by atoms with van der Waals surface area (Å²) in [6, 6.07) is 5.56. The first-order chi connectivity index (χ1) is 16.1. The molecular formula is C23H34N6O3S. The molecule has 1 fully saturated rings. The molecule has 1 amide bonds. The second-order valence-electron chi connectivity index (χ2n) is 7.99. The van der Waals surface area contributed by atoms with E-state index in [0.717, 1.165) is 56.8 Å². The zero-order chi connectivity index (χ0) is 23.5. The second-order valence-corrected chi connectivity index (χ2v) is 8.40. The maximum atomic E-state index is 12.2. The molecule has 0 unspecified atom stereocenters. The smallest absolute Gasteiger partial charge is 0.223 e. The lowest BCUT2D eigenvalue weighted by Gasteiger charge is -2.21. The zero-order valence-corrected chi connectivity index (χ0v) is 20.2. The molecule has 180 valence electrons. The van der Waals surface area contributed by atoms with Crippen molar-refractivity contribution >= 4 is 28.9 Å². The van der Waals surface area contributed by atoms with E-state index in [0.29, 0.717) is 29.8 Å². The van der Waals surface area contributed by atoms with Gasteiger partial charge in [0.25, 0.3) is 0 Å². The van der Waals surface area contributed by atoms with Gasteiger partial charge in [-0.3, -0.25) is 4.79 Å². The van der Waals surface area contributed by atoms with Crippen molar-refractivity contribution in [3.05, 3.63) is 36.4 Å². The summed E-state index contributed by atoms with van der Waals surface area (Å²) in [4.78, 5) is 16.3. The van der Waals surface area contributed by atoms with E-state index in [1.54, 1.807) is 7.11 Å². The number of aryl methyl sites for hydroxylation is 2. The van der Waals surface area contributed by atoms with Crippen LogP contribution in [0, 0.1) is 12.8 Å². The Morgan fingerprint density at radius 3 is 2.79 bits per heavy atom. The molecule has 1 aliphatic heterocycles. The van der Waals surface area contributed by atoms with E-state index in [4.69, 9.17) is 21.7 Å². The van der Waals surface area contributed by atoms with Crippen molar-refractivity contribution in [2.24, 2.45) is 5.92 Å². The Morgan fingerprint density at radius 2 is 2.06 bits per heavy atom. The molecule has 1 saturated heterocycles. The SMILES string of the molecule is COc1cc(NC(=S)NCCCn2cncc2C)ccc1OCCNC(=O)C1CCNCC1. The van der Waals surface area contributed by atoms with Gasteiger partial charge in [-0.15, -0.1) is 0 Å². The number of hydrogen-bond acceptors (Lipinski definition) is 6. The number of nitrogens with zero attached hydrogens (tertiary/aromatic N) is 2. The number of anilines is 1. The molecule has 0 atom stereocenters. The van der Waals surface area contributed by atoms with Crippen LogP contribution < -0.4 is 30.7 Å². The van der Waals surface area contributed by atoms with Crippen LogP contribution in [0.15, 0.2) is 30.7 Å². The van der Waals surface area contributed by atoms with Crippen LogP contribution in [0.4, 0.5) is 5.69 Å². The van der Waals surface area contributed by atoms with E-state index in [1.165, 1.54) is 0 Å². The van der Waals surface area contributed by atoms with E-state index >= 15 is 0 Å². The number of benzene rings is 1. The third-order valence-corrected chi connectivity index (χ3v) is 5.82. The molecule has 10 heteroatoms. The first-order valence-electron chi connectivity index (χ1n) is 11.4. The van der Waals surface area contributed by atoms with Crippen LogP contribution in [-0.4, -0.2) is 60.5 Å². The summed E-state index contributed by atoms with van der Waals surface area (Å²) in [5.74, 6) is 1.42. The first-order valence-corrected chi connectivity index (χ1v) is 11.8. The van der Waals surface area contributed by atoms with Crippen LogP contribution in [0.1, 0.15) is 25.0 Å². The minimum atomic E-state index is 0.0959. The van der Waals surface area contributed by atoms with Crippen LogP contribution in [0.5, 0.6) is 11.5 Å². The van der Waals surface area contributed by atoms with Crippen molar-refractivity contribution < 1.29 is 14.3 Å². The number of methoxy groups -OCH3 is 1. The number of imidazole rings is 1. The summed E-state index contributed by atoms with van der Waals surface area (Å²) >= 11 is 5.39. The summed E-state index contributed by atoms with van der Waals surface area (Å²) in [7, 11) is 1.60. The molecule has 1 aromatic heterocycles. The number of carbonyl (C=O) groups is 1. The number of thiocarbonyl (C=S) groups is 1. The van der Waals surface area contributed by atoms with E-state index in [1.807, 2.05) is 37.6 Å². The molecule has 9 nitrogen and oxygen atoms in total. The molecule has 0 radical (unpaired) electrons. The lowest BCUT2D eigenvalue weighted by molar-refractivity contribution is -0.125. The van der Waals surface area contributed by atoms with Gasteiger partial charge in [0, 0.05) is 42.7 Å². The lowest BCUT2D eigenvalue weighted by atomic mass is 9.97. The fraction of sp³-hybridized carbons (Fsp3) is 0.522. The molecular weight excluding hydrogens is 440 g/mol. The van der Waals surface area contributed by atoms with Gasteiger partial charge in [-0.2, -0.15) is 0 Å².